The molecule has 1 amide bonds. The lowest BCUT2D eigenvalue weighted by Crippen LogP contribution is -2.39. The number of guanidine groups is 1. The number of nitriles is 1. The SMILES string of the molecule is N#CNC(=NCCCCCCCC(=O)NOCCN1CCOCC1)Nc1ccncc1. The molecule has 1 aromatic rings. The van der Waals surface area contributed by atoms with Crippen molar-refractivity contribution in [3.05, 3.63) is 24.5 Å². The highest BCUT2D eigenvalue weighted by molar-refractivity contribution is 5.94. The quantitative estimate of drug-likeness (QED) is 0.108. The molecule has 0 unspecified atom stereocenters. The zero-order valence-electron chi connectivity index (χ0n) is 18.0. The van der Waals surface area contributed by atoms with Crippen molar-refractivity contribution < 1.29 is 14.4 Å². The van der Waals surface area contributed by atoms with E-state index in [2.05, 4.69) is 31.0 Å². The highest BCUT2D eigenvalue weighted by Gasteiger charge is 2.09. The number of pyridine rings is 1. The first-order valence-corrected chi connectivity index (χ1v) is 10.9. The van der Waals surface area contributed by atoms with Crippen LogP contribution in [-0.2, 0) is 14.4 Å². The number of hydrogen-bond acceptors (Lipinski definition) is 7. The Balaban J connectivity index is 1.44. The summed E-state index contributed by atoms with van der Waals surface area (Å²) in [5.41, 5.74) is 3.34. The van der Waals surface area contributed by atoms with Gasteiger partial charge in [0.2, 0.25) is 11.9 Å². The zero-order valence-corrected chi connectivity index (χ0v) is 18.0. The fourth-order valence-electron chi connectivity index (χ4n) is 3.04. The molecule has 2 rings (SSSR count). The van der Waals surface area contributed by atoms with E-state index in [1.165, 1.54) is 0 Å². The van der Waals surface area contributed by atoms with Crippen LogP contribution in [0.15, 0.2) is 29.5 Å². The molecule has 170 valence electrons. The Hall–Kier alpha value is -2.74. The van der Waals surface area contributed by atoms with Gasteiger partial charge in [0.15, 0.2) is 6.19 Å². The van der Waals surface area contributed by atoms with Crippen LogP contribution in [0.1, 0.15) is 38.5 Å². The summed E-state index contributed by atoms with van der Waals surface area (Å²) in [6.45, 7) is 5.28. The molecule has 2 heterocycles. The van der Waals surface area contributed by atoms with Crippen LogP contribution >= 0.6 is 0 Å². The maximum absolute atomic E-state index is 11.8. The summed E-state index contributed by atoms with van der Waals surface area (Å²) in [6.07, 6.45) is 10.5. The van der Waals surface area contributed by atoms with Gasteiger partial charge in [-0.15, -0.1) is 0 Å². The smallest absolute Gasteiger partial charge is 0.243 e. The third-order valence-electron chi connectivity index (χ3n) is 4.75. The lowest BCUT2D eigenvalue weighted by Gasteiger charge is -2.26. The number of carbonyl (C=O) groups excluding carboxylic acids is 1. The molecule has 0 spiro atoms. The largest absolute Gasteiger partial charge is 0.379 e. The molecule has 10 heteroatoms. The van der Waals surface area contributed by atoms with Gasteiger partial charge in [0.05, 0.1) is 19.8 Å². The van der Waals surface area contributed by atoms with Gasteiger partial charge in [-0.2, -0.15) is 5.26 Å². The van der Waals surface area contributed by atoms with Gasteiger partial charge in [-0.1, -0.05) is 19.3 Å². The zero-order chi connectivity index (χ0) is 22.0. The maximum Gasteiger partial charge on any atom is 0.243 e. The van der Waals surface area contributed by atoms with Crippen molar-refractivity contribution in [1.29, 1.82) is 5.26 Å². The highest BCUT2D eigenvalue weighted by atomic mass is 16.7. The molecule has 1 aliphatic rings. The number of aliphatic imine (C=N–C) groups is 1. The molecule has 0 saturated carbocycles. The summed E-state index contributed by atoms with van der Waals surface area (Å²) >= 11 is 0. The highest BCUT2D eigenvalue weighted by Crippen LogP contribution is 2.06. The van der Waals surface area contributed by atoms with E-state index in [0.717, 1.165) is 70.6 Å². The summed E-state index contributed by atoms with van der Waals surface area (Å²) in [6, 6.07) is 3.61. The lowest BCUT2D eigenvalue weighted by atomic mass is 10.1. The van der Waals surface area contributed by atoms with Gasteiger partial charge < -0.3 is 10.1 Å². The van der Waals surface area contributed by atoms with Gasteiger partial charge in [-0.3, -0.25) is 29.8 Å². The average molecular weight is 432 g/mol. The van der Waals surface area contributed by atoms with Crippen LogP contribution in [0.4, 0.5) is 5.69 Å². The number of amides is 1. The van der Waals surface area contributed by atoms with E-state index in [0.29, 0.717) is 25.5 Å². The Bertz CT molecular complexity index is 688. The van der Waals surface area contributed by atoms with E-state index in [4.69, 9.17) is 14.8 Å². The van der Waals surface area contributed by atoms with Gasteiger partial charge in [-0.05, 0) is 25.0 Å². The van der Waals surface area contributed by atoms with E-state index < -0.39 is 0 Å². The first kappa shape index (κ1) is 24.5. The van der Waals surface area contributed by atoms with E-state index in [1.54, 1.807) is 24.5 Å². The number of nitrogens with zero attached hydrogens (tertiary/aromatic N) is 4. The number of unbranched alkanes of at least 4 members (excludes halogenated alkanes) is 4. The molecule has 0 radical (unpaired) electrons. The van der Waals surface area contributed by atoms with Crippen molar-refractivity contribution >= 4 is 17.6 Å². The monoisotopic (exact) mass is 431 g/mol. The molecule has 1 aliphatic heterocycles. The normalized spacial score (nSPS) is 14.6. The summed E-state index contributed by atoms with van der Waals surface area (Å²) in [5, 5.41) is 14.5. The van der Waals surface area contributed by atoms with Gasteiger partial charge in [-0.25, -0.2) is 5.48 Å². The van der Waals surface area contributed by atoms with Gasteiger partial charge in [0.25, 0.3) is 0 Å². The van der Waals surface area contributed by atoms with Crippen LogP contribution < -0.4 is 16.1 Å². The molecule has 1 saturated heterocycles. The molecule has 1 fully saturated rings. The van der Waals surface area contributed by atoms with Crippen LogP contribution in [0, 0.1) is 11.5 Å². The van der Waals surface area contributed by atoms with Crippen molar-refractivity contribution in [2.75, 3.05) is 51.3 Å². The third-order valence-corrected chi connectivity index (χ3v) is 4.75. The second-order valence-corrected chi connectivity index (χ2v) is 7.17. The van der Waals surface area contributed by atoms with E-state index in [-0.39, 0.29) is 5.91 Å². The summed E-state index contributed by atoms with van der Waals surface area (Å²) in [7, 11) is 0. The number of ether oxygens (including phenoxy) is 1. The van der Waals surface area contributed by atoms with Crippen molar-refractivity contribution in [2.24, 2.45) is 4.99 Å². The molecule has 0 bridgehead atoms. The Kier molecular flexibility index (Phi) is 12.7. The predicted molar refractivity (Wildman–Crippen MR) is 118 cm³/mol. The fraction of sp³-hybridized carbons (Fsp3) is 0.619. The fourth-order valence-corrected chi connectivity index (χ4v) is 3.04. The number of aromatic nitrogens is 1. The lowest BCUT2D eigenvalue weighted by molar-refractivity contribution is -0.134. The summed E-state index contributed by atoms with van der Waals surface area (Å²) in [5.74, 6) is 0.361. The number of carbonyl (C=O) groups is 1. The number of nitrogens with one attached hydrogen (secondary N) is 3. The number of morpholine rings is 1. The number of hydrogen-bond donors (Lipinski definition) is 3. The number of hydroxylamine groups is 1. The Morgan fingerprint density at radius 2 is 1.94 bits per heavy atom. The molecular formula is C21H33N7O3. The first-order valence-electron chi connectivity index (χ1n) is 10.9. The van der Waals surface area contributed by atoms with Crippen molar-refractivity contribution in [2.45, 2.75) is 38.5 Å². The summed E-state index contributed by atoms with van der Waals surface area (Å²) in [4.78, 5) is 27.6. The van der Waals surface area contributed by atoms with Gasteiger partial charge in [0.1, 0.15) is 0 Å². The van der Waals surface area contributed by atoms with Crippen LogP contribution in [0.2, 0.25) is 0 Å². The van der Waals surface area contributed by atoms with Gasteiger partial charge in [0, 0.05) is 50.7 Å². The molecule has 0 aromatic carbocycles. The minimum absolute atomic E-state index is 0.0685. The van der Waals surface area contributed by atoms with Crippen molar-refractivity contribution in [3.8, 4) is 6.19 Å². The minimum atomic E-state index is -0.0685. The van der Waals surface area contributed by atoms with Crippen LogP contribution in [0.5, 0.6) is 0 Å². The van der Waals surface area contributed by atoms with E-state index in [9.17, 15) is 4.79 Å². The molecule has 3 N–H and O–H groups in total. The molecule has 1 aromatic heterocycles. The molecule has 10 nitrogen and oxygen atoms in total. The Morgan fingerprint density at radius 3 is 2.71 bits per heavy atom. The van der Waals surface area contributed by atoms with Gasteiger partial charge >= 0.3 is 0 Å². The molecule has 31 heavy (non-hydrogen) atoms. The van der Waals surface area contributed by atoms with Crippen LogP contribution in [-0.4, -0.2) is 67.8 Å². The first-order chi connectivity index (χ1) is 15.3. The van der Waals surface area contributed by atoms with Crippen molar-refractivity contribution in [1.82, 2.24) is 20.7 Å². The standard InChI is InChI=1S/C21H33N7O3/c22-18-25-21(26-19-7-10-23-11-8-19)24-9-5-3-1-2-4-6-20(29)27-31-17-14-28-12-15-30-16-13-28/h7-8,10-11H,1-6,9,12-17H2,(H,27,29)(H2,23,24,25,26). The summed E-state index contributed by atoms with van der Waals surface area (Å²) < 4.78 is 5.29. The van der Waals surface area contributed by atoms with E-state index >= 15 is 0 Å². The topological polar surface area (TPSA) is 124 Å². The molecular weight excluding hydrogens is 398 g/mol. The Morgan fingerprint density at radius 1 is 1.19 bits per heavy atom. The minimum Gasteiger partial charge on any atom is -0.379 e. The predicted octanol–water partition coefficient (Wildman–Crippen LogP) is 1.64. The number of rotatable bonds is 13. The molecule has 0 aliphatic carbocycles. The third kappa shape index (κ3) is 11.9. The van der Waals surface area contributed by atoms with E-state index in [1.807, 2.05) is 6.19 Å². The van der Waals surface area contributed by atoms with Crippen LogP contribution in [0.3, 0.4) is 0 Å². The van der Waals surface area contributed by atoms with Crippen LogP contribution in [0.25, 0.3) is 0 Å². The second-order valence-electron chi connectivity index (χ2n) is 7.17. The maximum atomic E-state index is 11.8. The van der Waals surface area contributed by atoms with Crippen molar-refractivity contribution in [3.63, 3.8) is 0 Å². The average Bonchev–Trinajstić information content (AvgIpc) is 2.80. The second kappa shape index (κ2) is 16.0. The molecule has 0 atom stereocenters. The number of anilines is 1. The Labute approximate surface area is 184 Å².